The summed E-state index contributed by atoms with van der Waals surface area (Å²) >= 11 is 0. The lowest BCUT2D eigenvalue weighted by molar-refractivity contribution is 0.191. The Morgan fingerprint density at radius 1 is 0.857 bits per heavy atom. The molecule has 1 atom stereocenters. The molecule has 0 saturated heterocycles. The highest BCUT2D eigenvalue weighted by Gasteiger charge is 2.05. The first kappa shape index (κ1) is 13.9. The zero-order valence-corrected chi connectivity index (χ0v) is 9.54. The molecule has 2 N–H and O–H groups in total. The van der Waals surface area contributed by atoms with Gasteiger partial charge in [0.1, 0.15) is 0 Å². The summed E-state index contributed by atoms with van der Waals surface area (Å²) in [5, 5.41) is 17.7. The third-order valence-corrected chi connectivity index (χ3v) is 2.74. The summed E-state index contributed by atoms with van der Waals surface area (Å²) < 4.78 is 0. The number of unbranched alkanes of at least 4 members (excludes halogenated alkanes) is 4. The first-order valence-corrected chi connectivity index (χ1v) is 6.06. The minimum Gasteiger partial charge on any atom is -0.396 e. The SMILES string of the molecule is CCCCCCCC(CO)CCCO. The van der Waals surface area contributed by atoms with E-state index in [1.807, 2.05) is 0 Å². The molecule has 0 aromatic rings. The van der Waals surface area contributed by atoms with Gasteiger partial charge in [-0.15, -0.1) is 0 Å². The average Bonchev–Trinajstić information content (AvgIpc) is 2.22. The molecule has 0 fully saturated rings. The van der Waals surface area contributed by atoms with Crippen LogP contribution in [0.2, 0.25) is 0 Å². The van der Waals surface area contributed by atoms with Crippen LogP contribution < -0.4 is 0 Å². The third kappa shape index (κ3) is 8.52. The molecule has 0 aliphatic rings. The van der Waals surface area contributed by atoms with Gasteiger partial charge in [-0.2, -0.15) is 0 Å². The summed E-state index contributed by atoms with van der Waals surface area (Å²) in [7, 11) is 0. The molecule has 14 heavy (non-hydrogen) atoms. The van der Waals surface area contributed by atoms with Gasteiger partial charge in [-0.1, -0.05) is 39.0 Å². The Morgan fingerprint density at radius 2 is 1.50 bits per heavy atom. The largest absolute Gasteiger partial charge is 0.396 e. The van der Waals surface area contributed by atoms with E-state index >= 15 is 0 Å². The Hall–Kier alpha value is -0.0800. The Kier molecular flexibility index (Phi) is 10.9. The van der Waals surface area contributed by atoms with Crippen molar-refractivity contribution in [1.82, 2.24) is 0 Å². The minimum absolute atomic E-state index is 0.256. The zero-order valence-electron chi connectivity index (χ0n) is 9.54. The van der Waals surface area contributed by atoms with Crippen LogP contribution in [0.15, 0.2) is 0 Å². The van der Waals surface area contributed by atoms with Gasteiger partial charge in [-0.05, 0) is 25.2 Å². The number of aliphatic hydroxyl groups is 2. The predicted molar refractivity (Wildman–Crippen MR) is 60.3 cm³/mol. The van der Waals surface area contributed by atoms with Gasteiger partial charge in [0.15, 0.2) is 0 Å². The molecule has 0 aromatic carbocycles. The lowest BCUT2D eigenvalue weighted by Gasteiger charge is -2.12. The van der Waals surface area contributed by atoms with Crippen molar-refractivity contribution in [1.29, 1.82) is 0 Å². The quantitative estimate of drug-likeness (QED) is 0.535. The van der Waals surface area contributed by atoms with Gasteiger partial charge in [-0.3, -0.25) is 0 Å². The maximum Gasteiger partial charge on any atom is 0.0459 e. The molecule has 2 heteroatoms. The molecule has 0 amide bonds. The van der Waals surface area contributed by atoms with E-state index in [-0.39, 0.29) is 13.2 Å². The van der Waals surface area contributed by atoms with E-state index in [2.05, 4.69) is 6.92 Å². The second-order valence-corrected chi connectivity index (χ2v) is 4.12. The van der Waals surface area contributed by atoms with E-state index in [0.29, 0.717) is 5.92 Å². The summed E-state index contributed by atoms with van der Waals surface area (Å²) in [4.78, 5) is 0. The van der Waals surface area contributed by atoms with E-state index in [9.17, 15) is 0 Å². The highest BCUT2D eigenvalue weighted by Crippen LogP contribution is 2.15. The van der Waals surface area contributed by atoms with E-state index in [1.165, 1.54) is 32.1 Å². The standard InChI is InChI=1S/C12H26O2/c1-2-3-4-5-6-8-12(11-14)9-7-10-13/h12-14H,2-11H2,1H3. The maximum absolute atomic E-state index is 9.07. The number of hydrogen-bond donors (Lipinski definition) is 2. The maximum atomic E-state index is 9.07. The summed E-state index contributed by atoms with van der Waals surface area (Å²) in [5.41, 5.74) is 0. The molecule has 0 spiro atoms. The molecular formula is C12H26O2. The van der Waals surface area contributed by atoms with Gasteiger partial charge >= 0.3 is 0 Å². The second-order valence-electron chi connectivity index (χ2n) is 4.12. The predicted octanol–water partition coefficient (Wildman–Crippen LogP) is 2.73. The Morgan fingerprint density at radius 3 is 2.07 bits per heavy atom. The van der Waals surface area contributed by atoms with Crippen molar-refractivity contribution in [2.24, 2.45) is 5.92 Å². The molecule has 0 heterocycles. The molecule has 0 aliphatic carbocycles. The van der Waals surface area contributed by atoms with Crippen LogP contribution in [-0.2, 0) is 0 Å². The van der Waals surface area contributed by atoms with Gasteiger partial charge < -0.3 is 10.2 Å². The molecule has 0 aliphatic heterocycles. The van der Waals surface area contributed by atoms with E-state index in [4.69, 9.17) is 10.2 Å². The van der Waals surface area contributed by atoms with Gasteiger partial charge in [0.05, 0.1) is 0 Å². The minimum atomic E-state index is 0.256. The molecule has 0 bridgehead atoms. The van der Waals surface area contributed by atoms with Crippen molar-refractivity contribution < 1.29 is 10.2 Å². The molecule has 86 valence electrons. The lowest BCUT2D eigenvalue weighted by Crippen LogP contribution is -2.06. The summed E-state index contributed by atoms with van der Waals surface area (Å²) in [6, 6.07) is 0. The Bertz CT molecular complexity index is 104. The van der Waals surface area contributed by atoms with Crippen LogP contribution in [0.4, 0.5) is 0 Å². The Labute approximate surface area is 88.3 Å². The van der Waals surface area contributed by atoms with E-state index in [1.54, 1.807) is 0 Å². The molecule has 1 unspecified atom stereocenters. The van der Waals surface area contributed by atoms with Crippen molar-refractivity contribution in [2.45, 2.75) is 58.3 Å². The molecule has 0 saturated carbocycles. The number of aliphatic hydroxyl groups excluding tert-OH is 2. The van der Waals surface area contributed by atoms with E-state index in [0.717, 1.165) is 19.3 Å². The molecule has 2 nitrogen and oxygen atoms in total. The van der Waals surface area contributed by atoms with Gasteiger partial charge in [0.25, 0.3) is 0 Å². The Balaban J connectivity index is 3.24. The highest BCUT2D eigenvalue weighted by atomic mass is 16.3. The zero-order chi connectivity index (χ0) is 10.6. The average molecular weight is 202 g/mol. The van der Waals surface area contributed by atoms with E-state index < -0.39 is 0 Å². The molecule has 0 aromatic heterocycles. The fourth-order valence-electron chi connectivity index (χ4n) is 1.74. The molecule has 0 radical (unpaired) electrons. The topological polar surface area (TPSA) is 40.5 Å². The van der Waals surface area contributed by atoms with Crippen molar-refractivity contribution in [3.8, 4) is 0 Å². The molecular weight excluding hydrogens is 176 g/mol. The van der Waals surface area contributed by atoms with Gasteiger partial charge in [0, 0.05) is 13.2 Å². The third-order valence-electron chi connectivity index (χ3n) is 2.74. The number of hydrogen-bond acceptors (Lipinski definition) is 2. The van der Waals surface area contributed by atoms with Crippen molar-refractivity contribution >= 4 is 0 Å². The van der Waals surface area contributed by atoms with Crippen molar-refractivity contribution in [3.63, 3.8) is 0 Å². The number of rotatable bonds is 10. The van der Waals surface area contributed by atoms with Gasteiger partial charge in [-0.25, -0.2) is 0 Å². The van der Waals surface area contributed by atoms with Crippen molar-refractivity contribution in [3.05, 3.63) is 0 Å². The van der Waals surface area contributed by atoms with Crippen molar-refractivity contribution in [2.75, 3.05) is 13.2 Å². The van der Waals surface area contributed by atoms with Crippen LogP contribution >= 0.6 is 0 Å². The lowest BCUT2D eigenvalue weighted by atomic mass is 9.97. The first-order valence-electron chi connectivity index (χ1n) is 6.06. The normalized spacial score (nSPS) is 13.1. The van der Waals surface area contributed by atoms with Crippen LogP contribution in [0.25, 0.3) is 0 Å². The van der Waals surface area contributed by atoms with Crippen LogP contribution in [-0.4, -0.2) is 23.4 Å². The van der Waals surface area contributed by atoms with Crippen LogP contribution in [0.5, 0.6) is 0 Å². The highest BCUT2D eigenvalue weighted by molar-refractivity contribution is 4.58. The fourth-order valence-corrected chi connectivity index (χ4v) is 1.74. The first-order chi connectivity index (χ1) is 6.85. The van der Waals surface area contributed by atoms with Gasteiger partial charge in [0.2, 0.25) is 0 Å². The van der Waals surface area contributed by atoms with Crippen LogP contribution in [0.3, 0.4) is 0 Å². The van der Waals surface area contributed by atoms with Crippen LogP contribution in [0.1, 0.15) is 58.3 Å². The summed E-state index contributed by atoms with van der Waals surface area (Å²) in [6.07, 6.45) is 9.41. The fraction of sp³-hybridized carbons (Fsp3) is 1.00. The van der Waals surface area contributed by atoms with Crippen LogP contribution in [0, 0.1) is 5.92 Å². The monoisotopic (exact) mass is 202 g/mol. The summed E-state index contributed by atoms with van der Waals surface area (Å²) in [6.45, 7) is 2.76. The second kappa shape index (κ2) is 11.0. The smallest absolute Gasteiger partial charge is 0.0459 e. The molecule has 0 rings (SSSR count). The summed E-state index contributed by atoms with van der Waals surface area (Å²) in [5.74, 6) is 0.420.